The van der Waals surface area contributed by atoms with Gasteiger partial charge < -0.3 is 25.0 Å². The van der Waals surface area contributed by atoms with Gasteiger partial charge >= 0.3 is 0 Å². The fourth-order valence-corrected chi connectivity index (χ4v) is 4.03. The molecule has 8 nitrogen and oxygen atoms in total. The van der Waals surface area contributed by atoms with Crippen molar-refractivity contribution in [1.82, 2.24) is 10.2 Å². The second-order valence-corrected chi connectivity index (χ2v) is 8.40. The maximum atomic E-state index is 14.5. The lowest BCUT2D eigenvalue weighted by Gasteiger charge is -2.39. The highest BCUT2D eigenvalue weighted by molar-refractivity contribution is 6.10. The molecule has 5 rings (SSSR count). The van der Waals surface area contributed by atoms with Crippen molar-refractivity contribution in [2.45, 2.75) is 0 Å². The first-order valence-corrected chi connectivity index (χ1v) is 11.2. The number of carbonyl (C=O) groups excluding carboxylic acids is 2. The zero-order valence-electron chi connectivity index (χ0n) is 18.7. The second kappa shape index (κ2) is 9.46. The van der Waals surface area contributed by atoms with Crippen molar-refractivity contribution in [3.63, 3.8) is 0 Å². The van der Waals surface area contributed by atoms with Crippen LogP contribution in [0.15, 0.2) is 78.3 Å². The van der Waals surface area contributed by atoms with Gasteiger partial charge in [-0.1, -0.05) is 36.4 Å². The molecule has 178 valence electrons. The maximum Gasteiger partial charge on any atom is 0.262 e. The molecule has 2 amide bonds. The summed E-state index contributed by atoms with van der Waals surface area (Å²) in [5.41, 5.74) is 1.81. The number of rotatable bonds is 6. The Bertz CT molecular complexity index is 1280. The van der Waals surface area contributed by atoms with Gasteiger partial charge in [0, 0.05) is 36.8 Å². The van der Waals surface area contributed by atoms with E-state index in [0.29, 0.717) is 31.2 Å². The number of benzene rings is 2. The molecule has 3 aliphatic rings. The summed E-state index contributed by atoms with van der Waals surface area (Å²) in [6.07, 6.45) is 7.31. The number of hydrogen-bond donors (Lipinski definition) is 3. The predicted octanol–water partition coefficient (Wildman–Crippen LogP) is 3.20. The van der Waals surface area contributed by atoms with Crippen molar-refractivity contribution in [3.8, 4) is 5.75 Å². The molecular formula is C26H23FN4O4. The smallest absolute Gasteiger partial charge is 0.262 e. The Hall–Kier alpha value is -4.40. The molecule has 1 fully saturated rings. The van der Waals surface area contributed by atoms with E-state index in [1.165, 1.54) is 11.0 Å². The number of nitrogens with one attached hydrogen (secondary N) is 3. The molecule has 0 saturated carbocycles. The Morgan fingerprint density at radius 3 is 2.74 bits per heavy atom. The molecule has 1 saturated heterocycles. The third-order valence-electron chi connectivity index (χ3n) is 5.88. The van der Waals surface area contributed by atoms with Gasteiger partial charge in [0.15, 0.2) is 12.4 Å². The molecule has 0 aliphatic carbocycles. The van der Waals surface area contributed by atoms with Gasteiger partial charge in [0.2, 0.25) is 0 Å². The van der Waals surface area contributed by atoms with Gasteiger partial charge in [-0.3, -0.25) is 15.0 Å². The predicted molar refractivity (Wildman–Crippen MR) is 128 cm³/mol. The molecule has 2 aromatic rings. The molecule has 9 heteroatoms. The van der Waals surface area contributed by atoms with Gasteiger partial charge in [-0.25, -0.2) is 4.39 Å². The number of hydrogen-bond acceptors (Lipinski definition) is 6. The molecule has 0 radical (unpaired) electrons. The Kier molecular flexibility index (Phi) is 6.05. The molecule has 35 heavy (non-hydrogen) atoms. The number of halogens is 1. The average Bonchev–Trinajstić information content (AvgIpc) is 2.85. The summed E-state index contributed by atoms with van der Waals surface area (Å²) in [6.45, 7) is 0.897. The zero-order chi connectivity index (χ0) is 24.4. The minimum Gasteiger partial charge on any atom is -0.489 e. The number of dihydropyridines is 1. The molecule has 2 aromatic carbocycles. The van der Waals surface area contributed by atoms with Gasteiger partial charge in [0.1, 0.15) is 17.3 Å². The van der Waals surface area contributed by atoms with Crippen molar-refractivity contribution in [2.24, 2.45) is 5.92 Å². The number of nitrogens with zero attached hydrogens (tertiary/aromatic N) is 1. The summed E-state index contributed by atoms with van der Waals surface area (Å²) in [5, 5.41) is 14.4. The van der Waals surface area contributed by atoms with E-state index < -0.39 is 11.7 Å². The van der Waals surface area contributed by atoms with Crippen LogP contribution in [0.3, 0.4) is 0 Å². The number of likely N-dealkylation sites (tertiary alicyclic amines) is 1. The van der Waals surface area contributed by atoms with Crippen LogP contribution < -0.4 is 15.4 Å². The van der Waals surface area contributed by atoms with Crippen LogP contribution in [0.4, 0.5) is 10.1 Å². The fourth-order valence-electron chi connectivity index (χ4n) is 4.03. The van der Waals surface area contributed by atoms with Crippen LogP contribution in [-0.4, -0.2) is 48.7 Å². The molecule has 0 spiro atoms. The van der Waals surface area contributed by atoms with E-state index in [4.69, 9.17) is 14.9 Å². The van der Waals surface area contributed by atoms with Crippen molar-refractivity contribution in [1.29, 1.82) is 5.41 Å². The highest BCUT2D eigenvalue weighted by Crippen LogP contribution is 2.32. The topological polar surface area (TPSA) is 104 Å². The molecule has 3 heterocycles. The molecule has 3 N–H and O–H groups in total. The van der Waals surface area contributed by atoms with E-state index >= 15 is 0 Å². The highest BCUT2D eigenvalue weighted by atomic mass is 19.1. The van der Waals surface area contributed by atoms with Crippen LogP contribution in [0.5, 0.6) is 5.75 Å². The van der Waals surface area contributed by atoms with E-state index in [9.17, 15) is 14.0 Å². The summed E-state index contributed by atoms with van der Waals surface area (Å²) < 4.78 is 25.8. The van der Waals surface area contributed by atoms with Crippen molar-refractivity contribution in [3.05, 3.63) is 95.3 Å². The third kappa shape index (κ3) is 4.65. The Labute approximate surface area is 201 Å². The first-order chi connectivity index (χ1) is 17.0. The lowest BCUT2D eigenvalue weighted by molar-refractivity contribution is -0.118. The molecule has 3 aliphatic heterocycles. The van der Waals surface area contributed by atoms with Crippen LogP contribution in [0.25, 0.3) is 0 Å². The van der Waals surface area contributed by atoms with Gasteiger partial charge in [-0.05, 0) is 18.2 Å². The third-order valence-corrected chi connectivity index (χ3v) is 5.88. The van der Waals surface area contributed by atoms with E-state index in [1.54, 1.807) is 6.20 Å². The number of amides is 2. The Morgan fingerprint density at radius 2 is 2.00 bits per heavy atom. The molecular weight excluding hydrogens is 451 g/mol. The molecule has 0 atom stereocenters. The minimum absolute atomic E-state index is 0.0324. The number of ether oxygens (including phenoxy) is 2. The summed E-state index contributed by atoms with van der Waals surface area (Å²) in [4.78, 5) is 25.9. The lowest BCUT2D eigenvalue weighted by Crippen LogP contribution is -2.52. The summed E-state index contributed by atoms with van der Waals surface area (Å²) >= 11 is 0. The Balaban J connectivity index is 1.24. The minimum atomic E-state index is -0.698. The van der Waals surface area contributed by atoms with Crippen LogP contribution in [0.2, 0.25) is 0 Å². The van der Waals surface area contributed by atoms with Gasteiger partial charge in [-0.2, -0.15) is 0 Å². The van der Waals surface area contributed by atoms with E-state index in [2.05, 4.69) is 10.6 Å². The highest BCUT2D eigenvalue weighted by Gasteiger charge is 2.34. The van der Waals surface area contributed by atoms with E-state index in [-0.39, 0.29) is 41.1 Å². The summed E-state index contributed by atoms with van der Waals surface area (Å²) in [7, 11) is 0. The number of carbonyl (C=O) groups is 2. The standard InChI is InChI=1S/C26H23FN4O4/c27-19-11-22-21(30-23(32)15-34-22)10-18(19)26(33)31-12-16(13-31)14-35-25(20-8-4-5-9-29-20)24(28)17-6-2-1-3-7-17/h1-11,16,28-29H,12-15H2,(H,30,32)/b25-20+,28-24?. The summed E-state index contributed by atoms with van der Waals surface area (Å²) in [6, 6.07) is 11.7. The van der Waals surface area contributed by atoms with E-state index in [0.717, 1.165) is 11.6 Å². The normalized spacial score (nSPS) is 18.0. The van der Waals surface area contributed by atoms with Crippen LogP contribution in [0.1, 0.15) is 15.9 Å². The van der Waals surface area contributed by atoms with Crippen molar-refractivity contribution in [2.75, 3.05) is 31.6 Å². The van der Waals surface area contributed by atoms with E-state index in [1.807, 2.05) is 48.6 Å². The molecule has 0 bridgehead atoms. The number of allylic oxidation sites excluding steroid dienone is 4. The first-order valence-electron chi connectivity index (χ1n) is 11.2. The van der Waals surface area contributed by atoms with Crippen LogP contribution in [-0.2, 0) is 9.53 Å². The second-order valence-electron chi connectivity index (χ2n) is 8.40. The van der Waals surface area contributed by atoms with Crippen molar-refractivity contribution < 1.29 is 23.5 Å². The summed E-state index contributed by atoms with van der Waals surface area (Å²) in [5.74, 6) is -0.860. The number of fused-ring (bicyclic) bond motifs is 1. The van der Waals surface area contributed by atoms with Gasteiger partial charge in [0.05, 0.1) is 23.6 Å². The van der Waals surface area contributed by atoms with Crippen LogP contribution >= 0.6 is 0 Å². The fraction of sp³-hybridized carbons (Fsp3) is 0.192. The lowest BCUT2D eigenvalue weighted by atomic mass is 9.99. The van der Waals surface area contributed by atoms with Crippen molar-refractivity contribution >= 4 is 23.2 Å². The van der Waals surface area contributed by atoms with Gasteiger partial charge in [0.25, 0.3) is 11.8 Å². The maximum absolute atomic E-state index is 14.5. The quantitative estimate of drug-likeness (QED) is 0.441. The van der Waals surface area contributed by atoms with Gasteiger partial charge in [-0.15, -0.1) is 0 Å². The van der Waals surface area contributed by atoms with Crippen LogP contribution in [0, 0.1) is 17.1 Å². The first kappa shape index (κ1) is 22.4. The molecule has 0 unspecified atom stereocenters. The monoisotopic (exact) mass is 474 g/mol. The Morgan fingerprint density at radius 1 is 1.20 bits per heavy atom. The number of anilines is 1. The molecule has 0 aromatic heterocycles. The average molecular weight is 474 g/mol. The SMILES string of the molecule is N=C(/C(OCC1CN(C(=O)c2cc3c(cc2F)OCC(=O)N3)C1)=C1/C=CC=CN1)c1ccccc1. The largest absolute Gasteiger partial charge is 0.489 e. The zero-order valence-corrected chi connectivity index (χ0v) is 18.7.